The second kappa shape index (κ2) is 10.8. The topological polar surface area (TPSA) is 73.8 Å². The molecular weight excluding hydrogens is 400 g/mol. The summed E-state index contributed by atoms with van der Waals surface area (Å²) in [5, 5.41) is 8.66. The molecule has 2 aromatic rings. The van der Waals surface area contributed by atoms with Crippen LogP contribution in [0, 0.1) is 0 Å². The summed E-state index contributed by atoms with van der Waals surface area (Å²) in [6.07, 6.45) is 1.72. The lowest BCUT2D eigenvalue weighted by atomic mass is 10.3. The molecule has 0 spiro atoms. The molecule has 0 bridgehead atoms. The molecular formula is C18H28N4O2S3. The Labute approximate surface area is 170 Å². The van der Waals surface area contributed by atoms with Crippen LogP contribution >= 0.6 is 22.7 Å². The zero-order valence-electron chi connectivity index (χ0n) is 16.1. The van der Waals surface area contributed by atoms with Crippen molar-refractivity contribution < 1.29 is 8.42 Å². The van der Waals surface area contributed by atoms with E-state index in [1.54, 1.807) is 24.5 Å². The summed E-state index contributed by atoms with van der Waals surface area (Å²) >= 11 is 3.10. The molecule has 2 N–H and O–H groups in total. The first-order valence-corrected chi connectivity index (χ1v) is 12.2. The molecule has 150 valence electrons. The third-order valence-corrected chi connectivity index (χ3v) is 8.67. The number of hydrogen-bond acceptors (Lipinski definition) is 5. The van der Waals surface area contributed by atoms with Gasteiger partial charge in [-0.05, 0) is 36.4 Å². The highest BCUT2D eigenvalue weighted by Crippen LogP contribution is 2.25. The Balaban J connectivity index is 1.80. The lowest BCUT2D eigenvalue weighted by Crippen LogP contribution is -2.39. The van der Waals surface area contributed by atoms with E-state index in [9.17, 15) is 8.42 Å². The molecule has 0 aromatic carbocycles. The van der Waals surface area contributed by atoms with Crippen molar-refractivity contribution in [3.8, 4) is 0 Å². The fourth-order valence-electron chi connectivity index (χ4n) is 2.61. The number of hydrogen-bond donors (Lipinski definition) is 2. The number of sulfonamides is 1. The fourth-order valence-corrected chi connectivity index (χ4v) is 6.28. The SMILES string of the molecule is CCN(CC)S(=O)(=O)c1ccc(CCNC(=NC)NCCc2cccs2)s1. The van der Waals surface area contributed by atoms with E-state index in [4.69, 9.17) is 0 Å². The Bertz CT molecular complexity index is 810. The van der Waals surface area contributed by atoms with Crippen LogP contribution in [0.25, 0.3) is 0 Å². The molecule has 27 heavy (non-hydrogen) atoms. The quantitative estimate of drug-likeness (QED) is 0.451. The minimum absolute atomic E-state index is 0.416. The van der Waals surface area contributed by atoms with Crippen molar-refractivity contribution in [2.24, 2.45) is 4.99 Å². The van der Waals surface area contributed by atoms with Gasteiger partial charge in [0.1, 0.15) is 4.21 Å². The average molecular weight is 429 g/mol. The third kappa shape index (κ3) is 6.31. The van der Waals surface area contributed by atoms with Crippen molar-refractivity contribution in [2.75, 3.05) is 33.2 Å². The summed E-state index contributed by atoms with van der Waals surface area (Å²) in [4.78, 5) is 6.62. The molecule has 0 fully saturated rings. The summed E-state index contributed by atoms with van der Waals surface area (Å²) in [7, 11) is -1.61. The second-order valence-corrected chi connectivity index (χ2v) is 10.2. The Morgan fingerprint density at radius 3 is 2.30 bits per heavy atom. The Hall–Kier alpha value is -1.42. The predicted octanol–water partition coefficient (Wildman–Crippen LogP) is 2.79. The second-order valence-electron chi connectivity index (χ2n) is 5.82. The van der Waals surface area contributed by atoms with E-state index in [1.807, 2.05) is 19.9 Å². The summed E-state index contributed by atoms with van der Waals surface area (Å²) in [5.74, 6) is 0.763. The lowest BCUT2D eigenvalue weighted by Gasteiger charge is -2.16. The van der Waals surface area contributed by atoms with Gasteiger partial charge in [0.05, 0.1) is 0 Å². The van der Waals surface area contributed by atoms with Gasteiger partial charge in [0.15, 0.2) is 5.96 Å². The van der Waals surface area contributed by atoms with Crippen molar-refractivity contribution >= 4 is 38.7 Å². The fraction of sp³-hybridized carbons (Fsp3) is 0.500. The zero-order valence-corrected chi connectivity index (χ0v) is 18.5. The van der Waals surface area contributed by atoms with E-state index in [1.165, 1.54) is 20.5 Å². The van der Waals surface area contributed by atoms with Crippen LogP contribution in [-0.2, 0) is 22.9 Å². The third-order valence-electron chi connectivity index (χ3n) is 4.07. The maximum absolute atomic E-state index is 12.5. The monoisotopic (exact) mass is 428 g/mol. The van der Waals surface area contributed by atoms with Crippen molar-refractivity contribution in [3.63, 3.8) is 0 Å². The molecule has 0 unspecified atom stereocenters. The van der Waals surface area contributed by atoms with Crippen LogP contribution in [0.2, 0.25) is 0 Å². The van der Waals surface area contributed by atoms with Crippen molar-refractivity contribution in [2.45, 2.75) is 30.9 Å². The minimum atomic E-state index is -3.36. The molecule has 2 rings (SSSR count). The molecule has 0 radical (unpaired) electrons. The van der Waals surface area contributed by atoms with Crippen LogP contribution in [0.4, 0.5) is 0 Å². The van der Waals surface area contributed by atoms with Crippen molar-refractivity contribution in [3.05, 3.63) is 39.4 Å². The van der Waals surface area contributed by atoms with Crippen molar-refractivity contribution in [1.82, 2.24) is 14.9 Å². The molecule has 2 heterocycles. The summed E-state index contributed by atoms with van der Waals surface area (Å²) < 4.78 is 27.0. The summed E-state index contributed by atoms with van der Waals surface area (Å²) in [6, 6.07) is 7.80. The molecule has 6 nitrogen and oxygen atoms in total. The van der Waals surface area contributed by atoms with Gasteiger partial charge in [0, 0.05) is 43.0 Å². The van der Waals surface area contributed by atoms with Gasteiger partial charge in [-0.25, -0.2) is 8.42 Å². The average Bonchev–Trinajstić information content (AvgIpc) is 3.33. The number of aliphatic imine (C=N–C) groups is 1. The van der Waals surface area contributed by atoms with Gasteiger partial charge >= 0.3 is 0 Å². The molecule has 9 heteroatoms. The molecule has 0 aliphatic heterocycles. The highest BCUT2D eigenvalue weighted by atomic mass is 32.2. The zero-order chi connectivity index (χ0) is 19.7. The Kier molecular flexibility index (Phi) is 8.75. The largest absolute Gasteiger partial charge is 0.356 e. The maximum Gasteiger partial charge on any atom is 0.252 e. The van der Waals surface area contributed by atoms with Crippen LogP contribution in [0.15, 0.2) is 38.8 Å². The smallest absolute Gasteiger partial charge is 0.252 e. The predicted molar refractivity (Wildman–Crippen MR) is 116 cm³/mol. The van der Waals surface area contributed by atoms with Gasteiger partial charge in [-0.1, -0.05) is 19.9 Å². The first-order valence-electron chi connectivity index (χ1n) is 9.07. The number of thiophene rings is 2. The molecule has 0 amide bonds. The van der Waals surface area contributed by atoms with Gasteiger partial charge < -0.3 is 10.6 Å². The molecule has 0 aliphatic carbocycles. The van der Waals surface area contributed by atoms with Gasteiger partial charge in [0.25, 0.3) is 10.0 Å². The van der Waals surface area contributed by atoms with E-state index in [-0.39, 0.29) is 0 Å². The van der Waals surface area contributed by atoms with Crippen LogP contribution in [-0.4, -0.2) is 51.9 Å². The maximum atomic E-state index is 12.5. The van der Waals surface area contributed by atoms with E-state index >= 15 is 0 Å². The Morgan fingerprint density at radius 1 is 1.07 bits per heavy atom. The van der Waals surface area contributed by atoms with Crippen LogP contribution in [0.5, 0.6) is 0 Å². The van der Waals surface area contributed by atoms with Crippen molar-refractivity contribution in [1.29, 1.82) is 0 Å². The van der Waals surface area contributed by atoms with Crippen LogP contribution in [0.1, 0.15) is 23.6 Å². The van der Waals surface area contributed by atoms with Gasteiger partial charge in [-0.3, -0.25) is 4.99 Å². The number of nitrogens with one attached hydrogen (secondary N) is 2. The standard InChI is InChI=1S/C18H28N4O2S3/c1-4-22(5-2)27(23,24)17-9-8-16(26-17)11-13-21-18(19-3)20-12-10-15-7-6-14-25-15/h6-9,14H,4-5,10-13H2,1-3H3,(H2,19,20,21). The minimum Gasteiger partial charge on any atom is -0.356 e. The normalized spacial score (nSPS) is 12.5. The van der Waals surface area contributed by atoms with E-state index in [0.717, 1.165) is 30.2 Å². The van der Waals surface area contributed by atoms with E-state index in [2.05, 4.69) is 33.1 Å². The first-order chi connectivity index (χ1) is 13.0. The van der Waals surface area contributed by atoms with Crippen LogP contribution in [0.3, 0.4) is 0 Å². The highest BCUT2D eigenvalue weighted by molar-refractivity contribution is 7.91. The van der Waals surface area contributed by atoms with E-state index < -0.39 is 10.0 Å². The number of guanidine groups is 1. The van der Waals surface area contributed by atoms with Crippen LogP contribution < -0.4 is 10.6 Å². The molecule has 0 saturated carbocycles. The summed E-state index contributed by atoms with van der Waals surface area (Å²) in [5.41, 5.74) is 0. The molecule has 0 saturated heterocycles. The number of rotatable bonds is 10. The lowest BCUT2D eigenvalue weighted by molar-refractivity contribution is 0.447. The highest BCUT2D eigenvalue weighted by Gasteiger charge is 2.23. The van der Waals surface area contributed by atoms with Gasteiger partial charge in [0.2, 0.25) is 0 Å². The van der Waals surface area contributed by atoms with Gasteiger partial charge in [-0.15, -0.1) is 22.7 Å². The van der Waals surface area contributed by atoms with E-state index in [0.29, 0.717) is 23.8 Å². The summed E-state index contributed by atoms with van der Waals surface area (Å²) in [6.45, 7) is 6.21. The van der Waals surface area contributed by atoms with Gasteiger partial charge in [-0.2, -0.15) is 4.31 Å². The molecule has 0 aliphatic rings. The molecule has 2 aromatic heterocycles. The number of nitrogens with zero attached hydrogens (tertiary/aromatic N) is 2. The molecule has 0 atom stereocenters. The Morgan fingerprint density at radius 2 is 1.74 bits per heavy atom. The first kappa shape index (κ1) is 21.9.